The van der Waals surface area contributed by atoms with Crippen LogP contribution in [-0.2, 0) is 0 Å². The first-order valence-corrected chi connectivity index (χ1v) is 8.72. The molecule has 0 radical (unpaired) electrons. The van der Waals surface area contributed by atoms with Crippen molar-refractivity contribution in [3.05, 3.63) is 47.2 Å². The molecule has 1 fully saturated rings. The minimum Gasteiger partial charge on any atom is -0.338 e. The summed E-state index contributed by atoms with van der Waals surface area (Å²) >= 11 is 5.86. The number of carbonyl (C=O) groups is 1. The fraction of sp³-hybridized carbons (Fsp3) is 0.389. The molecule has 1 saturated heterocycles. The second kappa shape index (κ2) is 7.62. The molecule has 1 aromatic carbocycles. The molecule has 1 unspecified atom stereocenters. The second-order valence-electron chi connectivity index (χ2n) is 5.95. The van der Waals surface area contributed by atoms with Crippen LogP contribution < -0.4 is 10.2 Å². The van der Waals surface area contributed by atoms with Gasteiger partial charge >= 0.3 is 0 Å². The van der Waals surface area contributed by atoms with Crippen molar-refractivity contribution in [3.8, 4) is 0 Å². The highest BCUT2D eigenvalue weighted by Gasteiger charge is 2.23. The van der Waals surface area contributed by atoms with Crippen molar-refractivity contribution in [3.63, 3.8) is 0 Å². The predicted octanol–water partition coefficient (Wildman–Crippen LogP) is 4.15. The highest BCUT2D eigenvalue weighted by atomic mass is 35.5. The van der Waals surface area contributed by atoms with Gasteiger partial charge in [0.1, 0.15) is 5.69 Å². The maximum Gasteiger partial charge on any atom is 0.274 e. The zero-order valence-corrected chi connectivity index (χ0v) is 14.5. The van der Waals surface area contributed by atoms with Crippen molar-refractivity contribution in [2.45, 2.75) is 38.6 Å². The van der Waals surface area contributed by atoms with Crippen LogP contribution in [0.3, 0.4) is 0 Å². The summed E-state index contributed by atoms with van der Waals surface area (Å²) in [7, 11) is 0. The van der Waals surface area contributed by atoms with Crippen molar-refractivity contribution in [2.75, 3.05) is 16.8 Å². The molecular formula is C18H21ClN4O. The van der Waals surface area contributed by atoms with Crippen LogP contribution >= 0.6 is 11.6 Å². The normalized spacial score (nSPS) is 17.6. The Morgan fingerprint density at radius 3 is 2.83 bits per heavy atom. The van der Waals surface area contributed by atoms with Gasteiger partial charge in [-0.15, -0.1) is 0 Å². The number of nitrogens with one attached hydrogen (secondary N) is 1. The lowest BCUT2D eigenvalue weighted by atomic mass is 10.0. The number of anilines is 2. The Morgan fingerprint density at radius 2 is 2.08 bits per heavy atom. The zero-order chi connectivity index (χ0) is 16.9. The molecule has 3 rings (SSSR count). The van der Waals surface area contributed by atoms with Crippen LogP contribution in [-0.4, -0.2) is 28.5 Å². The number of piperidine rings is 1. The van der Waals surface area contributed by atoms with Crippen molar-refractivity contribution in [1.29, 1.82) is 0 Å². The molecule has 1 aliphatic rings. The number of nitrogens with zero attached hydrogens (tertiary/aromatic N) is 3. The predicted molar refractivity (Wildman–Crippen MR) is 96.7 cm³/mol. The van der Waals surface area contributed by atoms with Crippen LogP contribution in [0.2, 0.25) is 5.02 Å². The molecule has 126 valence electrons. The molecule has 0 saturated carbocycles. The topological polar surface area (TPSA) is 58.1 Å². The van der Waals surface area contributed by atoms with Gasteiger partial charge < -0.3 is 10.2 Å². The first kappa shape index (κ1) is 16.7. The van der Waals surface area contributed by atoms with Crippen molar-refractivity contribution in [1.82, 2.24) is 9.97 Å². The van der Waals surface area contributed by atoms with E-state index < -0.39 is 0 Å². The molecule has 5 nitrogen and oxygen atoms in total. The minimum atomic E-state index is -0.244. The molecule has 0 bridgehead atoms. The number of rotatable bonds is 4. The average molecular weight is 345 g/mol. The Balaban J connectivity index is 1.76. The molecule has 0 aliphatic carbocycles. The number of amides is 1. The monoisotopic (exact) mass is 344 g/mol. The lowest BCUT2D eigenvalue weighted by Gasteiger charge is -2.35. The molecule has 1 aromatic heterocycles. The summed E-state index contributed by atoms with van der Waals surface area (Å²) in [6.45, 7) is 3.13. The third-order valence-corrected chi connectivity index (χ3v) is 4.58. The molecule has 1 amide bonds. The number of halogens is 1. The van der Waals surface area contributed by atoms with E-state index in [2.05, 4.69) is 27.1 Å². The SMILES string of the molecule is CCC1CCCCN1c1nccc(C(=O)Nc2ccc(Cl)cc2)n1. The first-order valence-electron chi connectivity index (χ1n) is 8.34. The van der Waals surface area contributed by atoms with E-state index in [1.54, 1.807) is 36.5 Å². The van der Waals surface area contributed by atoms with Crippen molar-refractivity contribution in [2.24, 2.45) is 0 Å². The smallest absolute Gasteiger partial charge is 0.274 e. The first-order chi connectivity index (χ1) is 11.7. The summed E-state index contributed by atoms with van der Waals surface area (Å²) in [6.07, 6.45) is 6.25. The molecule has 1 N–H and O–H groups in total. The van der Waals surface area contributed by atoms with E-state index >= 15 is 0 Å². The van der Waals surface area contributed by atoms with Crippen LogP contribution in [0.5, 0.6) is 0 Å². The maximum atomic E-state index is 12.4. The standard InChI is InChI=1S/C18H21ClN4O/c1-2-15-5-3-4-12-23(15)18-20-11-10-16(22-18)17(24)21-14-8-6-13(19)7-9-14/h6-11,15H,2-5,12H2,1H3,(H,21,24). The Bertz CT molecular complexity index is 704. The third kappa shape index (κ3) is 3.85. The van der Waals surface area contributed by atoms with Crippen LogP contribution in [0.25, 0.3) is 0 Å². The van der Waals surface area contributed by atoms with E-state index in [4.69, 9.17) is 11.6 Å². The highest BCUT2D eigenvalue weighted by molar-refractivity contribution is 6.30. The van der Waals surface area contributed by atoms with Gasteiger partial charge in [-0.2, -0.15) is 0 Å². The van der Waals surface area contributed by atoms with E-state index in [1.165, 1.54) is 6.42 Å². The Kier molecular flexibility index (Phi) is 5.30. The largest absolute Gasteiger partial charge is 0.338 e. The van der Waals surface area contributed by atoms with Gasteiger partial charge in [0.15, 0.2) is 0 Å². The number of hydrogen-bond donors (Lipinski definition) is 1. The fourth-order valence-corrected chi connectivity index (χ4v) is 3.16. The van der Waals surface area contributed by atoms with Crippen LogP contribution in [0.4, 0.5) is 11.6 Å². The molecule has 1 atom stereocenters. The van der Waals surface area contributed by atoms with E-state index in [1.807, 2.05) is 0 Å². The fourth-order valence-electron chi connectivity index (χ4n) is 3.03. The van der Waals surface area contributed by atoms with E-state index in [0.29, 0.717) is 28.4 Å². The van der Waals surface area contributed by atoms with Crippen LogP contribution in [0.15, 0.2) is 36.5 Å². The van der Waals surface area contributed by atoms with Gasteiger partial charge in [-0.3, -0.25) is 4.79 Å². The Labute approximate surface area is 147 Å². The summed E-state index contributed by atoms with van der Waals surface area (Å²) in [4.78, 5) is 23.5. The number of carbonyl (C=O) groups excluding carboxylic acids is 1. The van der Waals surface area contributed by atoms with Gasteiger partial charge in [-0.25, -0.2) is 9.97 Å². The summed E-state index contributed by atoms with van der Waals surface area (Å²) in [5.74, 6) is 0.399. The quantitative estimate of drug-likeness (QED) is 0.905. The average Bonchev–Trinajstić information content (AvgIpc) is 2.63. The number of benzene rings is 1. The lowest BCUT2D eigenvalue weighted by Crippen LogP contribution is -2.40. The molecular weight excluding hydrogens is 324 g/mol. The van der Waals surface area contributed by atoms with Gasteiger partial charge in [-0.1, -0.05) is 18.5 Å². The van der Waals surface area contributed by atoms with Crippen molar-refractivity contribution >= 4 is 29.1 Å². The van der Waals surface area contributed by atoms with E-state index in [0.717, 1.165) is 25.8 Å². The molecule has 1 aliphatic heterocycles. The number of aromatic nitrogens is 2. The highest BCUT2D eigenvalue weighted by Crippen LogP contribution is 2.23. The lowest BCUT2D eigenvalue weighted by molar-refractivity contribution is 0.102. The van der Waals surface area contributed by atoms with E-state index in [-0.39, 0.29) is 5.91 Å². The van der Waals surface area contributed by atoms with Gasteiger partial charge in [0.2, 0.25) is 5.95 Å². The van der Waals surface area contributed by atoms with Crippen LogP contribution in [0.1, 0.15) is 43.1 Å². The summed E-state index contributed by atoms with van der Waals surface area (Å²) in [5.41, 5.74) is 1.06. The number of hydrogen-bond acceptors (Lipinski definition) is 4. The molecule has 24 heavy (non-hydrogen) atoms. The van der Waals surface area contributed by atoms with Gasteiger partial charge in [0.05, 0.1) is 0 Å². The van der Waals surface area contributed by atoms with Crippen molar-refractivity contribution < 1.29 is 4.79 Å². The molecule has 2 heterocycles. The minimum absolute atomic E-state index is 0.244. The van der Waals surface area contributed by atoms with Gasteiger partial charge in [0, 0.05) is 29.5 Å². The molecule has 2 aromatic rings. The Morgan fingerprint density at radius 1 is 1.29 bits per heavy atom. The summed E-state index contributed by atoms with van der Waals surface area (Å²) in [5, 5.41) is 3.47. The zero-order valence-electron chi connectivity index (χ0n) is 13.7. The van der Waals surface area contributed by atoms with E-state index in [9.17, 15) is 4.79 Å². The Hall–Kier alpha value is -2.14. The maximum absolute atomic E-state index is 12.4. The molecule has 0 spiro atoms. The molecule has 6 heteroatoms. The van der Waals surface area contributed by atoms with Crippen LogP contribution in [0, 0.1) is 0 Å². The van der Waals surface area contributed by atoms with Gasteiger partial charge in [0.25, 0.3) is 5.91 Å². The van der Waals surface area contributed by atoms with Gasteiger partial charge in [-0.05, 0) is 56.0 Å². The second-order valence-corrected chi connectivity index (χ2v) is 6.39. The summed E-state index contributed by atoms with van der Waals surface area (Å²) < 4.78 is 0. The third-order valence-electron chi connectivity index (χ3n) is 4.33. The summed E-state index contributed by atoms with van der Waals surface area (Å²) in [6, 6.07) is 9.10.